The van der Waals surface area contributed by atoms with Crippen molar-refractivity contribution >= 4 is 55.7 Å². The Morgan fingerprint density at radius 1 is 0.448 bits per heavy atom. The van der Waals surface area contributed by atoms with Gasteiger partial charge in [-0.2, -0.15) is 0 Å². The summed E-state index contributed by atoms with van der Waals surface area (Å²) in [7, 11) is 0. The Labute approximate surface area is 207 Å². The molecule has 29 heavy (non-hydrogen) atoms. The van der Waals surface area contributed by atoms with E-state index in [1.54, 1.807) is 0 Å². The van der Waals surface area contributed by atoms with Crippen LogP contribution in [0.5, 0.6) is 0 Å². The van der Waals surface area contributed by atoms with Crippen molar-refractivity contribution in [1.29, 1.82) is 0 Å². The maximum Gasteiger partial charge on any atom is 3.00 e. The van der Waals surface area contributed by atoms with E-state index in [1.165, 1.54) is 4.90 Å². The Morgan fingerprint density at radius 3 is 0.828 bits per heavy atom. The molecule has 0 spiro atoms. The van der Waals surface area contributed by atoms with E-state index in [0.29, 0.717) is 0 Å². The third-order valence-corrected chi connectivity index (χ3v) is 3.23. The van der Waals surface area contributed by atoms with Crippen molar-refractivity contribution in [3.8, 4) is 0 Å². The van der Waals surface area contributed by atoms with Crippen LogP contribution in [-0.2, 0) is 24.0 Å². The number of carbonyl (C=O) groups excluding carboxylic acids is 5. The first-order chi connectivity index (χ1) is 12.5. The summed E-state index contributed by atoms with van der Waals surface area (Å²) >= 11 is 0. The van der Waals surface area contributed by atoms with Crippen molar-refractivity contribution in [1.82, 2.24) is 14.7 Å². The third-order valence-electron chi connectivity index (χ3n) is 3.23. The van der Waals surface area contributed by atoms with Crippen LogP contribution in [0.2, 0.25) is 0 Å². The number of hydrogen-bond donors (Lipinski definition) is 0. The first kappa shape index (κ1) is 32.8. The van der Waals surface area contributed by atoms with Gasteiger partial charge < -0.3 is 49.5 Å². The SMILES string of the molecule is O=C([O-])CN(CCN(CC(=O)[O-])CC(=O)[O-])CCN(CC(=O)[O-])CC(=O)[O-].[111In+3].[Na+]. The number of hydrogen-bond acceptors (Lipinski definition) is 13. The minimum Gasteiger partial charge on any atom is -0.549 e. The Balaban J connectivity index is -0.00000338. The van der Waals surface area contributed by atoms with Crippen LogP contribution < -0.4 is 55.1 Å². The van der Waals surface area contributed by atoms with Gasteiger partial charge in [-0.05, 0) is 0 Å². The predicted molar refractivity (Wildman–Crippen MR) is 80.1 cm³/mol. The molecule has 0 aromatic rings. The minimum atomic E-state index is -1.54. The summed E-state index contributed by atoms with van der Waals surface area (Å²) in [6, 6.07) is 0. The predicted octanol–water partition coefficient (Wildman–Crippen LogP) is -12.7. The van der Waals surface area contributed by atoms with Crippen molar-refractivity contribution in [3.63, 3.8) is 0 Å². The van der Waals surface area contributed by atoms with Gasteiger partial charge in [0.15, 0.2) is 0 Å². The number of nitrogens with zero attached hydrogens (tertiary/aromatic N) is 3. The van der Waals surface area contributed by atoms with E-state index in [0.717, 1.165) is 9.80 Å². The largest absolute Gasteiger partial charge is 3.00 e. The summed E-state index contributed by atoms with van der Waals surface area (Å²) in [5, 5.41) is 53.3. The molecule has 0 saturated heterocycles. The molecule has 15 heteroatoms. The van der Waals surface area contributed by atoms with Crippen molar-refractivity contribution in [2.75, 3.05) is 58.9 Å². The first-order valence-corrected chi connectivity index (χ1v) is 7.66. The van der Waals surface area contributed by atoms with Gasteiger partial charge in [-0.15, -0.1) is 0 Å². The molecule has 0 aliphatic carbocycles. The molecule has 0 unspecified atom stereocenters. The number of carbonyl (C=O) groups is 5. The number of carboxylic acids is 5. The van der Waals surface area contributed by atoms with Gasteiger partial charge in [0.1, 0.15) is 0 Å². The average Bonchev–Trinajstić information content (AvgIpc) is 2.46. The Hall–Kier alpha value is -0.900. The maximum atomic E-state index is 10.8. The standard InChI is InChI=1S/C14H23N3O10.In.Na/c18-10(19)5-15(1-3-16(6-11(20)21)7-12(22)23)2-4-17(8-13(24)25)9-14(26)27;;/h1-9H2,(H,18,19)(H,20,21)(H,22,23)(H,24,25)(H,26,27);;/q;+3;+1/p-5/i;1-4;. The normalized spacial score (nSPS) is 10.3. The monoisotopic (exact) mass is 522 g/mol. The fraction of sp³-hybridized carbons (Fsp3) is 0.643. The summed E-state index contributed by atoms with van der Waals surface area (Å²) < 4.78 is 0. The van der Waals surface area contributed by atoms with E-state index >= 15 is 0 Å². The molecular formula is C14H18InN3NaO10-. The molecule has 0 aromatic heterocycles. The van der Waals surface area contributed by atoms with Crippen LogP contribution in [0.15, 0.2) is 0 Å². The molecule has 154 valence electrons. The Kier molecular flexibility index (Phi) is 20.2. The van der Waals surface area contributed by atoms with Crippen LogP contribution in [0.1, 0.15) is 0 Å². The zero-order chi connectivity index (χ0) is 21.0. The molecule has 0 rings (SSSR count). The van der Waals surface area contributed by atoms with Gasteiger partial charge in [-0.1, -0.05) is 0 Å². The van der Waals surface area contributed by atoms with Crippen LogP contribution in [-0.4, -0.2) is 129 Å². The van der Waals surface area contributed by atoms with E-state index in [2.05, 4.69) is 0 Å². The molecule has 0 aromatic carbocycles. The first-order valence-electron chi connectivity index (χ1n) is 7.66. The van der Waals surface area contributed by atoms with Crippen LogP contribution in [0.4, 0.5) is 0 Å². The van der Waals surface area contributed by atoms with Gasteiger partial charge in [0.05, 0.1) is 29.8 Å². The topological polar surface area (TPSA) is 210 Å². The van der Waals surface area contributed by atoms with Crippen molar-refractivity contribution < 1.29 is 79.1 Å². The summed E-state index contributed by atoms with van der Waals surface area (Å²) in [4.78, 5) is 56.4. The summed E-state index contributed by atoms with van der Waals surface area (Å²) in [5.41, 5.74) is 0. The van der Waals surface area contributed by atoms with E-state index in [9.17, 15) is 49.5 Å². The molecule has 0 bridgehead atoms. The third kappa shape index (κ3) is 20.2. The Bertz CT molecular complexity index is 494. The van der Waals surface area contributed by atoms with Gasteiger partial charge in [-0.25, -0.2) is 0 Å². The molecule has 0 amide bonds. The second-order valence-electron chi connectivity index (χ2n) is 5.56. The summed E-state index contributed by atoms with van der Waals surface area (Å²) in [6.07, 6.45) is 0. The van der Waals surface area contributed by atoms with Crippen LogP contribution in [0.3, 0.4) is 0 Å². The molecule has 0 aliphatic heterocycles. The molecule has 13 nitrogen and oxygen atoms in total. The van der Waals surface area contributed by atoms with Crippen LogP contribution >= 0.6 is 0 Å². The van der Waals surface area contributed by atoms with E-state index in [4.69, 9.17) is 0 Å². The molecule has 0 atom stereocenters. The second-order valence-corrected chi connectivity index (χ2v) is 5.56. The number of rotatable bonds is 16. The van der Waals surface area contributed by atoms with Crippen molar-refractivity contribution in [2.45, 2.75) is 0 Å². The van der Waals surface area contributed by atoms with Crippen molar-refractivity contribution in [3.05, 3.63) is 0 Å². The maximum absolute atomic E-state index is 10.8. The summed E-state index contributed by atoms with van der Waals surface area (Å²) in [6.45, 7) is -4.16. The molecule has 0 radical (unpaired) electrons. The number of carboxylic acid groups (broad SMARTS) is 5. The molecule has 0 fully saturated rings. The van der Waals surface area contributed by atoms with Crippen molar-refractivity contribution in [2.24, 2.45) is 0 Å². The summed E-state index contributed by atoms with van der Waals surface area (Å²) in [5.74, 6) is -7.67. The van der Waals surface area contributed by atoms with E-state index in [1.807, 2.05) is 0 Å². The van der Waals surface area contributed by atoms with Gasteiger partial charge >= 0.3 is 55.4 Å². The zero-order valence-electron chi connectivity index (χ0n) is 15.9. The van der Waals surface area contributed by atoms with E-state index in [-0.39, 0.29) is 81.6 Å². The minimum absolute atomic E-state index is 0. The molecule has 0 aliphatic rings. The van der Waals surface area contributed by atoms with Gasteiger partial charge in [0.2, 0.25) is 0 Å². The second kappa shape index (κ2) is 17.9. The zero-order valence-corrected chi connectivity index (χ0v) is 21.2. The molecule has 0 heterocycles. The van der Waals surface area contributed by atoms with E-state index < -0.39 is 62.6 Å². The van der Waals surface area contributed by atoms with Crippen LogP contribution in [0.25, 0.3) is 0 Å². The molecule has 0 saturated carbocycles. The fourth-order valence-electron chi connectivity index (χ4n) is 2.18. The smallest absolute Gasteiger partial charge is 0.549 e. The molecule has 0 N–H and O–H groups in total. The average molecular weight is 522 g/mol. The molecular weight excluding hydrogens is 504 g/mol. The number of aliphatic carboxylic acids is 5. The Morgan fingerprint density at radius 2 is 0.621 bits per heavy atom. The quantitative estimate of drug-likeness (QED) is 0.173. The van der Waals surface area contributed by atoms with Gasteiger partial charge in [-0.3, -0.25) is 14.7 Å². The van der Waals surface area contributed by atoms with Gasteiger partial charge in [0.25, 0.3) is 0 Å². The fourth-order valence-corrected chi connectivity index (χ4v) is 2.18. The van der Waals surface area contributed by atoms with Gasteiger partial charge in [0, 0.05) is 58.9 Å². The van der Waals surface area contributed by atoms with Crippen LogP contribution in [0, 0.1) is 0 Å².